The topological polar surface area (TPSA) is 57.7 Å². The van der Waals surface area contributed by atoms with Gasteiger partial charge in [-0.3, -0.25) is 19.3 Å². The molecule has 29 heavy (non-hydrogen) atoms. The summed E-state index contributed by atoms with van der Waals surface area (Å²) in [6.07, 6.45) is 2.72. The largest absolute Gasteiger partial charge is 0.292 e. The summed E-state index contributed by atoms with van der Waals surface area (Å²) in [6.45, 7) is 2.84. The molecule has 3 aliphatic heterocycles. The van der Waals surface area contributed by atoms with Crippen LogP contribution in [0.3, 0.4) is 0 Å². The van der Waals surface area contributed by atoms with Gasteiger partial charge in [-0.25, -0.2) is 4.90 Å². The van der Waals surface area contributed by atoms with Crippen LogP contribution in [0.1, 0.15) is 35.7 Å². The number of Topliss-reactive ketones (excluding diaryl/α,β-unsaturated/α-hetero) is 1. The smallest absolute Gasteiger partial charge is 0.239 e. The van der Waals surface area contributed by atoms with Crippen molar-refractivity contribution < 1.29 is 14.4 Å². The van der Waals surface area contributed by atoms with Crippen molar-refractivity contribution in [3.05, 3.63) is 65.7 Å². The molecule has 0 N–H and O–H groups in total. The Morgan fingerprint density at radius 2 is 1.66 bits per heavy atom. The van der Waals surface area contributed by atoms with Crippen LogP contribution < -0.4 is 4.90 Å². The molecule has 5 rings (SSSR count). The fourth-order valence-electron chi connectivity index (χ4n) is 5.42. The molecule has 0 spiro atoms. The average molecular weight is 388 g/mol. The Balaban J connectivity index is 1.53. The van der Waals surface area contributed by atoms with Gasteiger partial charge in [-0.05, 0) is 43.5 Å². The van der Waals surface area contributed by atoms with Crippen molar-refractivity contribution in [1.82, 2.24) is 4.90 Å². The third kappa shape index (κ3) is 2.68. The maximum atomic E-state index is 13.5. The van der Waals surface area contributed by atoms with Gasteiger partial charge in [0.2, 0.25) is 11.8 Å². The van der Waals surface area contributed by atoms with E-state index in [9.17, 15) is 14.4 Å². The molecule has 148 valence electrons. The first-order valence-electron chi connectivity index (χ1n) is 10.4. The molecule has 0 bridgehead atoms. The summed E-state index contributed by atoms with van der Waals surface area (Å²) >= 11 is 0. The van der Waals surface area contributed by atoms with Gasteiger partial charge in [-0.15, -0.1) is 0 Å². The van der Waals surface area contributed by atoms with Crippen molar-refractivity contribution in [3.8, 4) is 0 Å². The minimum atomic E-state index is -0.591. The minimum Gasteiger partial charge on any atom is -0.292 e. The van der Waals surface area contributed by atoms with E-state index in [1.54, 1.807) is 12.1 Å². The van der Waals surface area contributed by atoms with Crippen molar-refractivity contribution >= 4 is 23.3 Å². The summed E-state index contributed by atoms with van der Waals surface area (Å²) in [5.74, 6) is -1.44. The summed E-state index contributed by atoms with van der Waals surface area (Å²) in [6, 6.07) is 16.2. The Kier molecular flexibility index (Phi) is 4.36. The van der Waals surface area contributed by atoms with Gasteiger partial charge in [0.25, 0.3) is 0 Å². The summed E-state index contributed by atoms with van der Waals surface area (Å²) < 4.78 is 0. The lowest BCUT2D eigenvalue weighted by Gasteiger charge is -2.27. The molecule has 5 nitrogen and oxygen atoms in total. The van der Waals surface area contributed by atoms with E-state index in [2.05, 4.69) is 11.8 Å². The second-order valence-corrected chi connectivity index (χ2v) is 8.21. The lowest BCUT2D eigenvalue weighted by Crippen LogP contribution is -2.46. The second-order valence-electron chi connectivity index (χ2n) is 8.21. The van der Waals surface area contributed by atoms with Gasteiger partial charge < -0.3 is 0 Å². The Labute approximate surface area is 170 Å². The van der Waals surface area contributed by atoms with Crippen LogP contribution in [0.5, 0.6) is 0 Å². The molecule has 4 atom stereocenters. The summed E-state index contributed by atoms with van der Waals surface area (Å²) in [4.78, 5) is 43.7. The van der Waals surface area contributed by atoms with Crippen molar-refractivity contribution in [1.29, 1.82) is 0 Å². The summed E-state index contributed by atoms with van der Waals surface area (Å²) in [5.41, 5.74) is 2.38. The normalized spacial score (nSPS) is 28.7. The van der Waals surface area contributed by atoms with Crippen LogP contribution in [-0.4, -0.2) is 41.1 Å². The minimum absolute atomic E-state index is 0.0194. The molecule has 0 unspecified atom stereocenters. The van der Waals surface area contributed by atoms with Gasteiger partial charge in [0.15, 0.2) is 5.78 Å². The van der Waals surface area contributed by atoms with Crippen LogP contribution in [0.15, 0.2) is 54.6 Å². The molecule has 3 fully saturated rings. The van der Waals surface area contributed by atoms with Crippen molar-refractivity contribution in [2.45, 2.75) is 38.3 Å². The van der Waals surface area contributed by atoms with E-state index in [-0.39, 0.29) is 23.6 Å². The third-order valence-electron chi connectivity index (χ3n) is 6.78. The molecule has 0 aliphatic carbocycles. The SMILES string of the molecule is CCc1ccc(N2C(=O)[C@@H]3[C@H](C2=O)[C@@H](C(=O)c2ccccc2)N2CCC[C@@H]32)cc1. The highest BCUT2D eigenvalue weighted by atomic mass is 16.2. The molecule has 3 saturated heterocycles. The van der Waals surface area contributed by atoms with Gasteiger partial charge in [-0.2, -0.15) is 0 Å². The van der Waals surface area contributed by atoms with E-state index in [0.29, 0.717) is 11.3 Å². The lowest BCUT2D eigenvalue weighted by molar-refractivity contribution is -0.123. The summed E-state index contributed by atoms with van der Waals surface area (Å²) in [7, 11) is 0. The van der Waals surface area contributed by atoms with E-state index in [1.165, 1.54) is 4.90 Å². The number of aryl methyl sites for hydroxylation is 1. The average Bonchev–Trinajstić information content (AvgIpc) is 3.40. The number of carbonyl (C=O) groups is 3. The number of anilines is 1. The number of fused-ring (bicyclic) bond motifs is 3. The van der Waals surface area contributed by atoms with Crippen LogP contribution in [0, 0.1) is 11.8 Å². The molecule has 3 aliphatic rings. The lowest BCUT2D eigenvalue weighted by atomic mass is 9.85. The monoisotopic (exact) mass is 388 g/mol. The molecule has 2 aromatic carbocycles. The van der Waals surface area contributed by atoms with Crippen LogP contribution in [0.25, 0.3) is 0 Å². The number of benzene rings is 2. The fourth-order valence-corrected chi connectivity index (χ4v) is 5.42. The Hall–Kier alpha value is -2.79. The van der Waals surface area contributed by atoms with Crippen LogP contribution in [0.4, 0.5) is 5.69 Å². The highest BCUT2D eigenvalue weighted by Crippen LogP contribution is 2.48. The predicted molar refractivity (Wildman–Crippen MR) is 110 cm³/mol. The van der Waals surface area contributed by atoms with Crippen molar-refractivity contribution in [2.24, 2.45) is 11.8 Å². The number of amides is 2. The number of carbonyl (C=O) groups excluding carboxylic acids is 3. The number of ketones is 1. The number of hydrogen-bond acceptors (Lipinski definition) is 4. The van der Waals surface area contributed by atoms with Gasteiger partial charge in [0, 0.05) is 11.6 Å². The highest BCUT2D eigenvalue weighted by molar-refractivity contribution is 6.24. The standard InChI is InChI=1S/C24H24N2O3/c1-2-15-10-12-17(13-11-15)26-23(28)19-18-9-6-14-25(18)21(20(19)24(26)29)22(27)16-7-4-3-5-8-16/h3-5,7-8,10-13,18-21H,2,6,9,14H2,1H3/t18-,19-,20-,21-/m0/s1. The molecule has 0 aromatic heterocycles. The van der Waals surface area contributed by atoms with Crippen LogP contribution in [-0.2, 0) is 16.0 Å². The van der Waals surface area contributed by atoms with E-state index in [0.717, 1.165) is 31.4 Å². The quantitative estimate of drug-likeness (QED) is 0.597. The first kappa shape index (κ1) is 18.3. The van der Waals surface area contributed by atoms with Gasteiger partial charge in [-0.1, -0.05) is 49.4 Å². The molecule has 0 saturated carbocycles. The zero-order chi connectivity index (χ0) is 20.1. The maximum absolute atomic E-state index is 13.5. The van der Waals surface area contributed by atoms with E-state index >= 15 is 0 Å². The van der Waals surface area contributed by atoms with Gasteiger partial charge >= 0.3 is 0 Å². The molecule has 5 heteroatoms. The highest BCUT2D eigenvalue weighted by Gasteiger charge is 2.64. The van der Waals surface area contributed by atoms with Gasteiger partial charge in [0.05, 0.1) is 23.6 Å². The van der Waals surface area contributed by atoms with E-state index < -0.39 is 17.9 Å². The molecule has 2 amide bonds. The third-order valence-corrected chi connectivity index (χ3v) is 6.78. The zero-order valence-electron chi connectivity index (χ0n) is 16.5. The molecule has 0 radical (unpaired) electrons. The number of nitrogens with zero attached hydrogens (tertiary/aromatic N) is 2. The van der Waals surface area contributed by atoms with Crippen molar-refractivity contribution in [2.75, 3.05) is 11.4 Å². The van der Waals surface area contributed by atoms with E-state index in [1.807, 2.05) is 42.5 Å². The van der Waals surface area contributed by atoms with Gasteiger partial charge in [0.1, 0.15) is 0 Å². The van der Waals surface area contributed by atoms with Crippen molar-refractivity contribution in [3.63, 3.8) is 0 Å². The molecule has 2 aromatic rings. The first-order valence-corrected chi connectivity index (χ1v) is 10.4. The van der Waals surface area contributed by atoms with Crippen LogP contribution >= 0.6 is 0 Å². The summed E-state index contributed by atoms with van der Waals surface area (Å²) in [5, 5.41) is 0. The molecular formula is C24H24N2O3. The Bertz CT molecular complexity index is 969. The Morgan fingerprint density at radius 3 is 2.34 bits per heavy atom. The second kappa shape index (κ2) is 6.92. The number of hydrogen-bond donors (Lipinski definition) is 0. The number of imide groups is 1. The molecular weight excluding hydrogens is 364 g/mol. The van der Waals surface area contributed by atoms with Crippen LogP contribution in [0.2, 0.25) is 0 Å². The zero-order valence-corrected chi connectivity index (χ0v) is 16.5. The maximum Gasteiger partial charge on any atom is 0.239 e. The van der Waals surface area contributed by atoms with E-state index in [4.69, 9.17) is 0 Å². The number of rotatable bonds is 4. The fraction of sp³-hybridized carbons (Fsp3) is 0.375. The Morgan fingerprint density at radius 1 is 0.966 bits per heavy atom. The first-order chi connectivity index (χ1) is 14.1. The predicted octanol–water partition coefficient (Wildman–Crippen LogP) is 3.08. The molecule has 3 heterocycles.